The molecule has 4 heterocycles. The van der Waals surface area contributed by atoms with Crippen LogP contribution in [0.1, 0.15) is 29.1 Å². The maximum atomic E-state index is 8.64. The molecule has 1 radical (unpaired) electrons. The standard InChI is InChI=1S/C40H31N2O.C11H8N.Ir/c1-40(2,3)25-26-16-18-27(19-17-26)28-20-21-41-35(22-28)32-14-9-13-31-34-23-33-30-12-7-8-15-36(30)42(29-10-5-4-6-11-29)37(33)24-38(34)43-39(31)32;1-2-6-10(7-3-1)11-8-4-5-9-12-11;/h4-13,15-24H,25H2,1-3H3;1-6,8-9H;/q2*-1;/i25D2;;. The van der Waals surface area contributed by atoms with Gasteiger partial charge in [-0.25, -0.2) is 0 Å². The number of pyridine rings is 2. The van der Waals surface area contributed by atoms with Gasteiger partial charge in [0, 0.05) is 63.2 Å². The fourth-order valence-corrected chi connectivity index (χ4v) is 7.25. The van der Waals surface area contributed by atoms with Gasteiger partial charge >= 0.3 is 0 Å². The Morgan fingerprint density at radius 2 is 1.38 bits per heavy atom. The molecule has 0 aliphatic carbocycles. The van der Waals surface area contributed by atoms with Crippen LogP contribution in [0.15, 0.2) is 175 Å². The van der Waals surface area contributed by atoms with Gasteiger partial charge in [-0.1, -0.05) is 111 Å². The quantitative estimate of drug-likeness (QED) is 0.162. The second-order valence-corrected chi connectivity index (χ2v) is 14.6. The Hall–Kier alpha value is -6.13. The average Bonchev–Trinajstić information content (AvgIpc) is 3.78. The van der Waals surface area contributed by atoms with Crippen molar-refractivity contribution < 1.29 is 27.3 Å². The van der Waals surface area contributed by atoms with Crippen LogP contribution in [-0.4, -0.2) is 14.5 Å². The van der Waals surface area contributed by atoms with Crippen LogP contribution in [-0.2, 0) is 26.5 Å². The summed E-state index contributed by atoms with van der Waals surface area (Å²) in [5.41, 5.74) is 10.7. The van der Waals surface area contributed by atoms with Crippen LogP contribution < -0.4 is 0 Å². The van der Waals surface area contributed by atoms with Gasteiger partial charge in [0.15, 0.2) is 0 Å². The minimum absolute atomic E-state index is 0. The van der Waals surface area contributed by atoms with E-state index in [2.05, 4.69) is 94.5 Å². The first kappa shape index (κ1) is 34.4. The second kappa shape index (κ2) is 15.5. The summed E-state index contributed by atoms with van der Waals surface area (Å²) in [5, 5.41) is 4.46. The molecule has 0 saturated heterocycles. The van der Waals surface area contributed by atoms with Crippen molar-refractivity contribution in [2.24, 2.45) is 5.41 Å². The van der Waals surface area contributed by atoms with Gasteiger partial charge in [0.05, 0.1) is 16.6 Å². The van der Waals surface area contributed by atoms with Gasteiger partial charge in [0.25, 0.3) is 0 Å². The van der Waals surface area contributed by atoms with Crippen molar-refractivity contribution in [3.8, 4) is 39.3 Å². The molecule has 0 unspecified atom stereocenters. The minimum atomic E-state index is -1.44. The molecule has 0 aliphatic rings. The van der Waals surface area contributed by atoms with E-state index in [0.717, 1.165) is 72.3 Å². The van der Waals surface area contributed by atoms with Crippen molar-refractivity contribution >= 4 is 43.7 Å². The van der Waals surface area contributed by atoms with E-state index in [9.17, 15) is 0 Å². The number of nitrogens with zero attached hydrogens (tertiary/aromatic N) is 3. The van der Waals surface area contributed by atoms with E-state index < -0.39 is 11.8 Å². The normalized spacial score (nSPS) is 12.2. The molecule has 4 nitrogen and oxygen atoms in total. The molecule has 0 spiro atoms. The molecule has 0 aliphatic heterocycles. The van der Waals surface area contributed by atoms with E-state index in [1.54, 1.807) is 6.20 Å². The number of rotatable bonds is 5. The Balaban J connectivity index is 0.000000309. The Bertz CT molecular complexity index is 2970. The van der Waals surface area contributed by atoms with Gasteiger partial charge in [0.2, 0.25) is 0 Å². The predicted octanol–water partition coefficient (Wildman–Crippen LogP) is 13.3. The molecule has 6 aromatic carbocycles. The summed E-state index contributed by atoms with van der Waals surface area (Å²) in [4.78, 5) is 8.95. The number of hydrogen-bond acceptors (Lipinski definition) is 3. The third-order valence-corrected chi connectivity index (χ3v) is 9.64. The Morgan fingerprint density at radius 1 is 0.607 bits per heavy atom. The smallest absolute Gasteiger partial charge is 0.123 e. The molecule has 0 saturated carbocycles. The molecule has 0 fully saturated rings. The number of aromatic nitrogens is 3. The number of para-hydroxylation sites is 2. The van der Waals surface area contributed by atoms with E-state index in [0.29, 0.717) is 5.56 Å². The van der Waals surface area contributed by atoms with Crippen LogP contribution in [0.4, 0.5) is 0 Å². The van der Waals surface area contributed by atoms with E-state index >= 15 is 0 Å². The molecule has 0 amide bonds. The monoisotopic (exact) mass is 904 g/mol. The Labute approximate surface area is 343 Å². The van der Waals surface area contributed by atoms with E-state index in [-0.39, 0.29) is 20.1 Å². The van der Waals surface area contributed by atoms with Crippen LogP contribution in [0.3, 0.4) is 0 Å². The van der Waals surface area contributed by atoms with Gasteiger partial charge in [-0.05, 0) is 76.3 Å². The van der Waals surface area contributed by atoms with Crippen LogP contribution in [0.25, 0.3) is 83.1 Å². The van der Waals surface area contributed by atoms with Crippen LogP contribution in [0.5, 0.6) is 0 Å². The maximum absolute atomic E-state index is 8.64. The average molecular weight is 904 g/mol. The molecule has 0 bridgehead atoms. The van der Waals surface area contributed by atoms with E-state index in [1.165, 1.54) is 10.8 Å². The summed E-state index contributed by atoms with van der Waals surface area (Å²) < 4.78 is 26.2. The largest absolute Gasteiger partial charge is 0.501 e. The number of fused-ring (bicyclic) bond motifs is 6. The van der Waals surface area contributed by atoms with Gasteiger partial charge in [-0.2, -0.15) is 0 Å². The summed E-state index contributed by atoms with van der Waals surface area (Å²) in [6.45, 7) is 5.78. The molecular formula is C51H39IrN3O-2. The minimum Gasteiger partial charge on any atom is -0.501 e. The molecule has 5 heteroatoms. The molecule has 4 aromatic heterocycles. The van der Waals surface area contributed by atoms with Crippen molar-refractivity contribution in [3.05, 3.63) is 188 Å². The zero-order chi connectivity index (χ0) is 39.1. The first-order valence-electron chi connectivity index (χ1n) is 19.5. The van der Waals surface area contributed by atoms with Crippen molar-refractivity contribution in [2.75, 3.05) is 0 Å². The van der Waals surface area contributed by atoms with Crippen molar-refractivity contribution in [3.63, 3.8) is 0 Å². The molecule has 275 valence electrons. The third-order valence-electron chi connectivity index (χ3n) is 9.64. The fraction of sp³-hybridized carbons (Fsp3) is 0.0980. The first-order chi connectivity index (χ1) is 27.7. The van der Waals surface area contributed by atoms with Gasteiger partial charge in [0.1, 0.15) is 5.58 Å². The van der Waals surface area contributed by atoms with Gasteiger partial charge in [-0.15, -0.1) is 54.1 Å². The topological polar surface area (TPSA) is 43.9 Å². The predicted molar refractivity (Wildman–Crippen MR) is 227 cm³/mol. The summed E-state index contributed by atoms with van der Waals surface area (Å²) in [5.74, 6) is 0. The Morgan fingerprint density at radius 3 is 2.14 bits per heavy atom. The summed E-state index contributed by atoms with van der Waals surface area (Å²) >= 11 is 0. The molecule has 10 aromatic rings. The van der Waals surface area contributed by atoms with Crippen LogP contribution in [0.2, 0.25) is 0 Å². The van der Waals surface area contributed by atoms with E-state index in [4.69, 9.17) is 12.1 Å². The third kappa shape index (κ3) is 7.32. The van der Waals surface area contributed by atoms with E-state index in [1.807, 2.05) is 112 Å². The maximum Gasteiger partial charge on any atom is 0.123 e. The zero-order valence-corrected chi connectivity index (χ0v) is 33.6. The van der Waals surface area contributed by atoms with Crippen molar-refractivity contribution in [1.29, 1.82) is 0 Å². The SMILES string of the molecule is [2H]C([2H])(c1ccc(-c2ccnc(-c3[c-]ccc4c3oc3cc5c(cc34)c3ccccc3n5-c3ccccc3)c2)cc1)C(C)(C)C.[Ir].[c-]1ccccc1-c1ccccn1. The van der Waals surface area contributed by atoms with Crippen LogP contribution >= 0.6 is 0 Å². The van der Waals surface area contributed by atoms with Crippen molar-refractivity contribution in [2.45, 2.75) is 27.1 Å². The summed E-state index contributed by atoms with van der Waals surface area (Å²) in [7, 11) is 0. The molecular weight excluding hydrogens is 863 g/mol. The molecule has 0 N–H and O–H groups in total. The fourth-order valence-electron chi connectivity index (χ4n) is 7.25. The number of furan rings is 1. The number of hydrogen-bond donors (Lipinski definition) is 0. The van der Waals surface area contributed by atoms with Gasteiger partial charge in [-0.3, -0.25) is 0 Å². The second-order valence-electron chi connectivity index (χ2n) is 14.6. The van der Waals surface area contributed by atoms with Crippen molar-refractivity contribution in [1.82, 2.24) is 14.5 Å². The zero-order valence-electron chi connectivity index (χ0n) is 33.2. The summed E-state index contributed by atoms with van der Waals surface area (Å²) in [6.07, 6.45) is 2.16. The summed E-state index contributed by atoms with van der Waals surface area (Å²) in [6, 6.07) is 59.4. The molecule has 56 heavy (non-hydrogen) atoms. The van der Waals surface area contributed by atoms with Gasteiger partial charge < -0.3 is 19.0 Å². The first-order valence-corrected chi connectivity index (χ1v) is 18.5. The van der Waals surface area contributed by atoms with Crippen LogP contribution in [0, 0.1) is 17.5 Å². The molecule has 10 rings (SSSR count). The molecule has 0 atom stereocenters. The Kier molecular flexibility index (Phi) is 9.54. The number of benzene rings is 6.